The first kappa shape index (κ1) is 48.3. The molecule has 22 nitrogen and oxygen atoms in total. The van der Waals surface area contributed by atoms with Crippen LogP contribution in [0.3, 0.4) is 0 Å². The molecule has 0 spiro atoms. The van der Waals surface area contributed by atoms with E-state index in [4.69, 9.17) is 32.3 Å². The number of phenolic OH excluding ortho intramolecular Hbond substituents is 6. The van der Waals surface area contributed by atoms with E-state index in [0.717, 1.165) is 12.1 Å². The molecule has 0 aliphatic heterocycles. The summed E-state index contributed by atoms with van der Waals surface area (Å²) >= 11 is 11.6. The van der Waals surface area contributed by atoms with Gasteiger partial charge in [0.1, 0.15) is 55.5 Å². The monoisotopic (exact) mass is 1000 g/mol. The van der Waals surface area contributed by atoms with E-state index in [-0.39, 0.29) is 68.2 Å². The van der Waals surface area contributed by atoms with Gasteiger partial charge in [0.25, 0.3) is 40.5 Å². The first-order chi connectivity index (χ1) is 27.6. The molecule has 6 aromatic rings. The molecule has 0 atom stereocenters. The first-order valence-corrected chi connectivity index (χ1v) is 21.9. The van der Waals surface area contributed by atoms with Gasteiger partial charge in [-0.05, 0) is 71.4 Å². The summed E-state index contributed by atoms with van der Waals surface area (Å²) in [5.41, 5.74) is -2.01. The predicted molar refractivity (Wildman–Crippen MR) is 214 cm³/mol. The van der Waals surface area contributed by atoms with Crippen LogP contribution in [-0.2, 0) is 57.8 Å². The van der Waals surface area contributed by atoms with Crippen molar-refractivity contribution in [3.8, 4) is 34.5 Å². The van der Waals surface area contributed by atoms with E-state index in [1.54, 1.807) is 0 Å². The molecule has 0 saturated carbocycles. The fourth-order valence-electron chi connectivity index (χ4n) is 5.12. The molecule has 0 bridgehead atoms. The van der Waals surface area contributed by atoms with Crippen molar-refractivity contribution in [3.63, 3.8) is 0 Å². The average Bonchev–Trinajstić information content (AvgIpc) is 3.11. The molecule has 0 aliphatic carbocycles. The van der Waals surface area contributed by atoms with Crippen LogP contribution >= 0.6 is 23.2 Å². The smallest absolute Gasteiger partial charge is 0.507 e. The maximum absolute atomic E-state index is 11.8. The Hall–Kier alpha value is -5.41. The van der Waals surface area contributed by atoms with E-state index in [9.17, 15) is 73.4 Å². The number of halogens is 2. The molecule has 0 unspecified atom stereocenters. The summed E-state index contributed by atoms with van der Waals surface area (Å²) in [6.45, 7) is 0. The van der Waals surface area contributed by atoms with Gasteiger partial charge in [-0.15, -0.1) is 20.5 Å². The van der Waals surface area contributed by atoms with Gasteiger partial charge in [-0.3, -0.25) is 18.2 Å². The number of fused-ring (bicyclic) bond motifs is 2. The van der Waals surface area contributed by atoms with Crippen molar-refractivity contribution in [2.24, 2.45) is 20.5 Å². The van der Waals surface area contributed by atoms with Crippen LogP contribution < -0.4 is 0 Å². The largest absolute Gasteiger partial charge is 1.00 e. The maximum Gasteiger partial charge on any atom is 1.00 e. The van der Waals surface area contributed by atoms with Crippen LogP contribution in [0.2, 0.25) is 10.0 Å². The Balaban J connectivity index is 0. The Morgan fingerprint density at radius 1 is 0.426 bits per heavy atom. The summed E-state index contributed by atoms with van der Waals surface area (Å²) in [6, 6.07) is 11.6. The van der Waals surface area contributed by atoms with E-state index in [0.29, 0.717) is 24.3 Å². The Bertz CT molecular complexity index is 3120. The third kappa shape index (κ3) is 10.7. The zero-order valence-corrected chi connectivity index (χ0v) is 35.3. The first-order valence-electron chi connectivity index (χ1n) is 15.3. The molecule has 0 radical (unpaired) electrons. The average molecular weight is 1010 g/mol. The van der Waals surface area contributed by atoms with Crippen LogP contribution in [0, 0.1) is 0 Å². The summed E-state index contributed by atoms with van der Waals surface area (Å²) in [7, 11) is -19.6. The number of rotatable bonds is 8. The van der Waals surface area contributed by atoms with E-state index >= 15 is 0 Å². The minimum absolute atomic E-state index is 0. The molecule has 0 aromatic heterocycles. The topological polar surface area (TPSA) is 388 Å². The second kappa shape index (κ2) is 17.5. The zero-order chi connectivity index (χ0) is 44.9. The molecule has 322 valence electrons. The van der Waals surface area contributed by atoms with Crippen molar-refractivity contribution in [1.29, 1.82) is 0 Å². The maximum atomic E-state index is 11.8. The Morgan fingerprint density at radius 3 is 1.05 bits per heavy atom. The number of benzene rings is 6. The Kier molecular flexibility index (Phi) is 13.9. The standard InChI is InChI=1S/2C16H11ClN2O9S2.Cr/c2*17-8-1-2-11(20)10(5-8)18-19-15-13(30(26,27)28)4-7-3-9(29(23,24)25)6-12(21)14(7)16(15)22;/h2*1-6,20-22H,(H,23,24,25)(H,26,27,28);/p+5. The van der Waals surface area contributed by atoms with Gasteiger partial charge in [0, 0.05) is 39.5 Å². The van der Waals surface area contributed by atoms with Gasteiger partial charge in [-0.1, -0.05) is 23.2 Å². The minimum Gasteiger partial charge on any atom is -0.507 e. The Morgan fingerprint density at radius 2 is 0.754 bits per heavy atom. The summed E-state index contributed by atoms with van der Waals surface area (Å²) in [4.78, 5) is -3.54. The molecule has 6 rings (SSSR count). The number of phenols is 6. The number of aromatic hydroxyl groups is 6. The number of nitrogens with zero attached hydrogens (tertiary/aromatic N) is 4. The van der Waals surface area contributed by atoms with Gasteiger partial charge in [-0.25, -0.2) is 0 Å². The molecule has 29 heteroatoms. The van der Waals surface area contributed by atoms with E-state index in [2.05, 4.69) is 20.5 Å². The van der Waals surface area contributed by atoms with Crippen LogP contribution in [-0.4, -0.2) is 82.5 Å². The summed E-state index contributed by atoms with van der Waals surface area (Å²) in [5, 5.41) is 73.8. The predicted octanol–water partition coefficient (Wildman–Crippen LogP) is 7.60. The van der Waals surface area contributed by atoms with Crippen molar-refractivity contribution in [1.82, 2.24) is 0 Å². The quantitative estimate of drug-likeness (QED) is 0.0518. The van der Waals surface area contributed by atoms with Gasteiger partial charge < -0.3 is 30.6 Å². The van der Waals surface area contributed by atoms with Crippen molar-refractivity contribution < 1.29 is 107 Å². The van der Waals surface area contributed by atoms with Crippen molar-refractivity contribution >= 4 is 108 Å². The van der Waals surface area contributed by atoms with Crippen molar-refractivity contribution in [2.75, 3.05) is 0 Å². The minimum atomic E-state index is -5.03. The van der Waals surface area contributed by atoms with E-state index in [1.165, 1.54) is 36.4 Å². The summed E-state index contributed by atoms with van der Waals surface area (Å²) in [5.74, 6) is -4.35. The molecule has 0 aliphatic rings. The molecular formula is C32H27Cl2CrN4O18S4+5. The summed E-state index contributed by atoms with van der Waals surface area (Å²) in [6.07, 6.45) is 0. The van der Waals surface area contributed by atoms with E-state index < -0.39 is 105 Å². The van der Waals surface area contributed by atoms with Crippen LogP contribution in [0.5, 0.6) is 34.5 Å². The van der Waals surface area contributed by atoms with Gasteiger partial charge in [0.2, 0.25) is 0 Å². The van der Waals surface area contributed by atoms with Crippen LogP contribution in [0.4, 0.5) is 22.7 Å². The second-order valence-electron chi connectivity index (χ2n) is 11.8. The second-order valence-corrected chi connectivity index (χ2v) is 18.3. The summed E-state index contributed by atoms with van der Waals surface area (Å²) < 4.78 is 130. The van der Waals surface area contributed by atoms with E-state index in [1.807, 2.05) is 0 Å². The molecule has 6 aromatic carbocycles. The SMILES string of the molecule is O=S(=O)(O)c1cc(O)c2c(O)c(N=Nc3cc(Cl)ccc3O)c(S(=O)(=O)O)cc2c1.O=S(=O)(O)c1cc(O)c2c(O)c(N=Nc3cc(Cl)ccc3O)c(S(=O)(=O)O)cc2c1.[Cr].[H+].[H+].[H+].[H+].[H+]. The number of hydrogen-bond donors (Lipinski definition) is 10. The fraction of sp³-hybridized carbons (Fsp3) is 0. The van der Waals surface area contributed by atoms with Crippen LogP contribution in [0.25, 0.3) is 21.5 Å². The molecule has 0 fully saturated rings. The third-order valence-electron chi connectivity index (χ3n) is 7.75. The van der Waals surface area contributed by atoms with Gasteiger partial charge in [-0.2, -0.15) is 33.7 Å². The third-order valence-corrected chi connectivity index (χ3v) is 11.6. The fourth-order valence-corrected chi connectivity index (χ4v) is 7.84. The van der Waals surface area contributed by atoms with Crippen LogP contribution in [0.1, 0.15) is 7.13 Å². The normalized spacial score (nSPS) is 12.4. The molecule has 0 saturated heterocycles. The number of hydrogen-bond acceptors (Lipinski definition) is 18. The molecular weight excluding hydrogens is 980 g/mol. The van der Waals surface area contributed by atoms with Gasteiger partial charge in [0.15, 0.2) is 11.5 Å². The van der Waals surface area contributed by atoms with Crippen molar-refractivity contribution in [2.45, 2.75) is 19.6 Å². The van der Waals surface area contributed by atoms with Crippen LogP contribution in [0.15, 0.2) is 113 Å². The molecule has 61 heavy (non-hydrogen) atoms. The molecule has 0 heterocycles. The van der Waals surface area contributed by atoms with Crippen molar-refractivity contribution in [3.05, 3.63) is 82.8 Å². The zero-order valence-electron chi connectivity index (χ0n) is 34.3. The molecule has 0 amide bonds. The molecule has 10 N–H and O–H groups in total. The van der Waals surface area contributed by atoms with Gasteiger partial charge >= 0.3 is 7.13 Å². The Labute approximate surface area is 370 Å². The number of azo groups is 2. The van der Waals surface area contributed by atoms with Gasteiger partial charge in [0.05, 0.1) is 20.6 Å².